The lowest BCUT2D eigenvalue weighted by molar-refractivity contribution is 0.0979. The van der Waals surface area contributed by atoms with Crippen LogP contribution in [0.5, 0.6) is 0 Å². The largest absolute Gasteiger partial charge is 0.296 e. The number of Topliss-reactive ketones (excluding diaryl/α,β-unsaturated/α-hetero) is 1. The van der Waals surface area contributed by atoms with Crippen LogP contribution in [0.3, 0.4) is 0 Å². The van der Waals surface area contributed by atoms with Crippen molar-refractivity contribution in [2.24, 2.45) is 0 Å². The molecule has 2 heterocycles. The topological polar surface area (TPSA) is 77.7 Å². The number of carbonyl (C=O) groups is 1. The summed E-state index contributed by atoms with van der Waals surface area (Å²) >= 11 is 1.52. The molecule has 7 heteroatoms. The van der Waals surface area contributed by atoms with Gasteiger partial charge in [-0.05, 0) is 53.8 Å². The van der Waals surface area contributed by atoms with Crippen LogP contribution in [0.15, 0.2) is 83.4 Å². The number of carbonyl (C=O) groups excluding carboxylic acids is 1. The third-order valence-corrected chi connectivity index (χ3v) is 7.27. The molecule has 0 N–H and O–H groups in total. The molecule has 2 aromatic heterocycles. The van der Waals surface area contributed by atoms with Crippen molar-refractivity contribution in [3.63, 3.8) is 0 Å². The van der Waals surface area contributed by atoms with Crippen LogP contribution in [0.25, 0.3) is 5.69 Å². The van der Waals surface area contributed by atoms with E-state index >= 15 is 0 Å². The van der Waals surface area contributed by atoms with Crippen molar-refractivity contribution in [2.45, 2.75) is 63.3 Å². The van der Waals surface area contributed by atoms with Gasteiger partial charge < -0.3 is 0 Å². The number of benzene rings is 2. The maximum absolute atomic E-state index is 13.0. The van der Waals surface area contributed by atoms with E-state index in [0.717, 1.165) is 36.9 Å². The molecule has 0 aliphatic rings. The molecule has 0 spiro atoms. The van der Waals surface area contributed by atoms with Crippen LogP contribution < -0.4 is 5.56 Å². The van der Waals surface area contributed by atoms with Crippen molar-refractivity contribution in [1.29, 1.82) is 0 Å². The maximum atomic E-state index is 13.0. The van der Waals surface area contributed by atoms with Gasteiger partial charge in [-0.2, -0.15) is 4.98 Å². The average molecular weight is 513 g/mol. The summed E-state index contributed by atoms with van der Waals surface area (Å²) in [7, 11) is 0. The van der Waals surface area contributed by atoms with Crippen LogP contribution in [-0.4, -0.2) is 25.3 Å². The Bertz CT molecular complexity index is 1370. The smallest absolute Gasteiger partial charge is 0.277 e. The second-order valence-corrected chi connectivity index (χ2v) is 9.98. The van der Waals surface area contributed by atoms with E-state index in [9.17, 15) is 9.59 Å². The Morgan fingerprint density at radius 3 is 2.27 bits per heavy atom. The molecule has 6 nitrogen and oxygen atoms in total. The zero-order valence-electron chi connectivity index (χ0n) is 21.4. The van der Waals surface area contributed by atoms with Gasteiger partial charge in [-0.3, -0.25) is 14.2 Å². The van der Waals surface area contributed by atoms with Crippen LogP contribution in [0.1, 0.15) is 72.1 Å². The fourth-order valence-corrected chi connectivity index (χ4v) is 4.97. The minimum absolute atomic E-state index is 0.160. The molecule has 0 fully saturated rings. The molecule has 0 saturated heterocycles. The third-order valence-electron chi connectivity index (χ3n) is 6.25. The van der Waals surface area contributed by atoms with E-state index in [1.807, 2.05) is 35.0 Å². The van der Waals surface area contributed by atoms with Gasteiger partial charge in [0.05, 0.1) is 0 Å². The van der Waals surface area contributed by atoms with Crippen LogP contribution >= 0.6 is 11.8 Å². The molecule has 0 radical (unpaired) electrons. The summed E-state index contributed by atoms with van der Waals surface area (Å²) in [6, 6.07) is 16.1. The van der Waals surface area contributed by atoms with Crippen LogP contribution in [0.4, 0.5) is 0 Å². The summed E-state index contributed by atoms with van der Waals surface area (Å²) in [4.78, 5) is 38.1. The van der Waals surface area contributed by atoms with Crippen LogP contribution in [0.2, 0.25) is 0 Å². The molecule has 4 aromatic rings. The molecule has 2 aromatic carbocycles. The van der Waals surface area contributed by atoms with Crippen molar-refractivity contribution in [1.82, 2.24) is 19.5 Å². The van der Waals surface area contributed by atoms with Gasteiger partial charge in [-0.15, -0.1) is 0 Å². The zero-order chi connectivity index (χ0) is 26.0. The Morgan fingerprint density at radius 2 is 1.59 bits per heavy atom. The van der Waals surface area contributed by atoms with Gasteiger partial charge >= 0.3 is 0 Å². The zero-order valence-corrected chi connectivity index (χ0v) is 22.2. The fourth-order valence-electron chi connectivity index (χ4n) is 4.03. The van der Waals surface area contributed by atoms with E-state index in [-0.39, 0.29) is 11.3 Å². The van der Waals surface area contributed by atoms with Crippen molar-refractivity contribution < 1.29 is 4.79 Å². The lowest BCUT2D eigenvalue weighted by atomic mass is 10.0. The van der Waals surface area contributed by atoms with Gasteiger partial charge in [-0.25, -0.2) is 9.97 Å². The summed E-state index contributed by atoms with van der Waals surface area (Å²) in [5.41, 5.74) is 5.17. The summed E-state index contributed by atoms with van der Waals surface area (Å²) in [5, 5.41) is 0.611. The Labute approximate surface area is 222 Å². The van der Waals surface area contributed by atoms with Gasteiger partial charge in [0.1, 0.15) is 6.33 Å². The highest BCUT2D eigenvalue weighted by Crippen LogP contribution is 2.25. The standard InChI is InChI=1S/C30H32N4O2S/c1-3-5-6-7-28(35)25-12-14-27(15-13-25)34-19-26(16-24-17-31-21-32-18-24)29(36)33-30(34)37-20-23-10-8-22(4-2)9-11-23/h8-15,17-19,21H,3-7,16,20H2,1-2H3. The van der Waals surface area contributed by atoms with Crippen molar-refractivity contribution in [2.75, 3.05) is 0 Å². The fraction of sp³-hybridized carbons (Fsp3) is 0.300. The normalized spacial score (nSPS) is 11.0. The summed E-state index contributed by atoms with van der Waals surface area (Å²) in [6.07, 6.45) is 11.7. The SMILES string of the molecule is CCCCCC(=O)c1ccc(-n2cc(Cc3cncnc3)c(=O)nc2SCc2ccc(CC)cc2)cc1. The molecule has 4 rings (SSSR count). The van der Waals surface area contributed by atoms with Crippen molar-refractivity contribution >= 4 is 17.5 Å². The highest BCUT2D eigenvalue weighted by molar-refractivity contribution is 7.98. The number of nitrogens with zero attached hydrogens (tertiary/aromatic N) is 4. The van der Waals surface area contributed by atoms with Crippen LogP contribution in [-0.2, 0) is 18.6 Å². The molecular weight excluding hydrogens is 480 g/mol. The molecule has 0 bridgehead atoms. The quantitative estimate of drug-likeness (QED) is 0.0969. The maximum Gasteiger partial charge on any atom is 0.277 e. The van der Waals surface area contributed by atoms with E-state index < -0.39 is 0 Å². The molecule has 0 aliphatic carbocycles. The molecule has 190 valence electrons. The van der Waals surface area contributed by atoms with Crippen LogP contribution in [0, 0.1) is 0 Å². The molecule has 0 atom stereocenters. The Kier molecular flexibility index (Phi) is 9.38. The number of thioether (sulfide) groups is 1. The predicted octanol–water partition coefficient (Wildman–Crippen LogP) is 6.23. The minimum atomic E-state index is -0.258. The molecular formula is C30H32N4O2S. The van der Waals surface area contributed by atoms with Crippen molar-refractivity contribution in [3.05, 3.63) is 112 Å². The summed E-state index contributed by atoms with van der Waals surface area (Å²) in [6.45, 7) is 4.27. The first-order valence-corrected chi connectivity index (χ1v) is 13.8. The van der Waals surface area contributed by atoms with Gasteiger partial charge in [0, 0.05) is 54.0 Å². The van der Waals surface area contributed by atoms with Gasteiger partial charge in [0.25, 0.3) is 5.56 Å². The van der Waals surface area contributed by atoms with E-state index in [4.69, 9.17) is 0 Å². The third kappa shape index (κ3) is 7.23. The molecule has 37 heavy (non-hydrogen) atoms. The van der Waals surface area contributed by atoms with E-state index in [0.29, 0.717) is 34.9 Å². The van der Waals surface area contributed by atoms with E-state index in [2.05, 4.69) is 53.1 Å². The second kappa shape index (κ2) is 13.1. The first-order chi connectivity index (χ1) is 18.1. The highest BCUT2D eigenvalue weighted by atomic mass is 32.2. The number of unbranched alkanes of at least 4 members (excludes halogenated alkanes) is 2. The molecule has 0 aliphatic heterocycles. The molecule has 0 unspecified atom stereocenters. The minimum Gasteiger partial charge on any atom is -0.296 e. The van der Waals surface area contributed by atoms with Gasteiger partial charge in [-0.1, -0.05) is 62.7 Å². The number of ketones is 1. The van der Waals surface area contributed by atoms with Gasteiger partial charge in [0.2, 0.25) is 0 Å². The number of hydrogen-bond donors (Lipinski definition) is 0. The lowest BCUT2D eigenvalue weighted by Crippen LogP contribution is -2.19. The highest BCUT2D eigenvalue weighted by Gasteiger charge is 2.13. The Morgan fingerprint density at radius 1 is 0.892 bits per heavy atom. The summed E-state index contributed by atoms with van der Waals surface area (Å²) in [5.74, 6) is 0.851. The molecule has 0 amide bonds. The van der Waals surface area contributed by atoms with Crippen molar-refractivity contribution in [3.8, 4) is 5.69 Å². The Hall–Kier alpha value is -3.58. The lowest BCUT2D eigenvalue weighted by Gasteiger charge is -2.15. The summed E-state index contributed by atoms with van der Waals surface area (Å²) < 4.78 is 1.94. The first-order valence-electron chi connectivity index (χ1n) is 12.8. The average Bonchev–Trinajstić information content (AvgIpc) is 2.94. The number of aryl methyl sites for hydroxylation is 1. The number of rotatable bonds is 12. The van der Waals surface area contributed by atoms with Gasteiger partial charge in [0.15, 0.2) is 10.9 Å². The number of hydrogen-bond acceptors (Lipinski definition) is 6. The van der Waals surface area contributed by atoms with E-state index in [1.54, 1.807) is 12.4 Å². The number of aromatic nitrogens is 4. The predicted molar refractivity (Wildman–Crippen MR) is 149 cm³/mol. The molecule has 0 saturated carbocycles. The first kappa shape index (κ1) is 26.5. The van der Waals surface area contributed by atoms with E-state index in [1.165, 1.54) is 29.2 Å². The second-order valence-electron chi connectivity index (χ2n) is 9.03. The monoisotopic (exact) mass is 512 g/mol. The Balaban J connectivity index is 1.63.